The number of amides is 1. The topological polar surface area (TPSA) is 38.3 Å². The van der Waals surface area contributed by atoms with E-state index in [1.54, 1.807) is 7.11 Å². The van der Waals surface area contributed by atoms with Crippen molar-refractivity contribution in [1.82, 2.24) is 0 Å². The number of allylic oxidation sites excluding steroid dienone is 1. The number of nitrogens with one attached hydrogen (secondary N) is 1. The Bertz CT molecular complexity index is 1340. The second-order valence-electron chi connectivity index (χ2n) is 8.71. The summed E-state index contributed by atoms with van der Waals surface area (Å²) in [6, 6.07) is 24.7. The third-order valence-electron chi connectivity index (χ3n) is 6.64. The van der Waals surface area contributed by atoms with E-state index in [0.717, 1.165) is 56.1 Å². The Morgan fingerprint density at radius 1 is 0.909 bits per heavy atom. The zero-order chi connectivity index (χ0) is 23.5. The highest BCUT2D eigenvalue weighted by Crippen LogP contribution is 2.44. The van der Waals surface area contributed by atoms with Crippen molar-refractivity contribution in [1.29, 1.82) is 0 Å². The van der Waals surface area contributed by atoms with Crippen LogP contribution < -0.4 is 10.1 Å². The first-order chi connectivity index (χ1) is 16.0. The number of carbonyl (C=O) groups is 1. The van der Waals surface area contributed by atoms with Crippen LogP contribution in [0.1, 0.15) is 27.2 Å². The molecule has 0 aliphatic rings. The van der Waals surface area contributed by atoms with E-state index < -0.39 is 0 Å². The summed E-state index contributed by atoms with van der Waals surface area (Å²) >= 11 is 0. The summed E-state index contributed by atoms with van der Waals surface area (Å²) in [7, 11) is 1.69. The van der Waals surface area contributed by atoms with E-state index in [-0.39, 0.29) is 17.7 Å². The minimum Gasteiger partial charge on any atom is -0.496 e. The number of hydrogen-bond acceptors (Lipinski definition) is 2. The Hall–Kier alpha value is -3.59. The Morgan fingerprint density at radius 3 is 2.06 bits per heavy atom. The lowest BCUT2D eigenvalue weighted by Crippen LogP contribution is -2.27. The Balaban J connectivity index is 1.95. The van der Waals surface area contributed by atoms with Crippen LogP contribution in [0.15, 0.2) is 84.9 Å². The van der Waals surface area contributed by atoms with E-state index in [4.69, 9.17) is 4.74 Å². The molecule has 2 atom stereocenters. The third kappa shape index (κ3) is 4.23. The van der Waals surface area contributed by atoms with Gasteiger partial charge in [-0.05, 0) is 52.9 Å². The first-order valence-electron chi connectivity index (χ1n) is 11.5. The minimum atomic E-state index is -0.179. The van der Waals surface area contributed by atoms with Crippen LogP contribution in [0.5, 0.6) is 5.75 Å². The maximum atomic E-state index is 13.4. The fourth-order valence-electron chi connectivity index (χ4n) is 4.88. The average Bonchev–Trinajstić information content (AvgIpc) is 2.83. The number of carbonyl (C=O) groups excluding carboxylic acids is 1. The molecule has 0 fully saturated rings. The van der Waals surface area contributed by atoms with Crippen LogP contribution in [-0.2, 0) is 4.79 Å². The van der Waals surface area contributed by atoms with Crippen molar-refractivity contribution < 1.29 is 9.53 Å². The second-order valence-corrected chi connectivity index (χ2v) is 8.71. The number of rotatable bonds is 7. The smallest absolute Gasteiger partial charge is 0.227 e. The Kier molecular flexibility index (Phi) is 6.50. The molecule has 0 aliphatic carbocycles. The average molecular weight is 438 g/mol. The van der Waals surface area contributed by atoms with Gasteiger partial charge in [0, 0.05) is 22.7 Å². The Morgan fingerprint density at radius 2 is 1.48 bits per heavy atom. The molecular weight excluding hydrogens is 406 g/mol. The van der Waals surface area contributed by atoms with Crippen LogP contribution in [0.4, 0.5) is 5.69 Å². The molecule has 0 aliphatic heterocycles. The summed E-state index contributed by atoms with van der Waals surface area (Å²) in [6.45, 7) is 10.2. The zero-order valence-electron chi connectivity index (χ0n) is 19.8. The summed E-state index contributed by atoms with van der Waals surface area (Å²) in [6.07, 6.45) is 0.881. The van der Waals surface area contributed by atoms with E-state index in [1.807, 2.05) is 50.2 Å². The molecule has 4 aromatic rings. The van der Waals surface area contributed by atoms with Crippen molar-refractivity contribution in [2.45, 2.75) is 27.2 Å². The molecule has 33 heavy (non-hydrogen) atoms. The fraction of sp³-hybridized carbons (Fsp3) is 0.233. The van der Waals surface area contributed by atoms with Crippen molar-refractivity contribution in [2.75, 3.05) is 12.4 Å². The first kappa shape index (κ1) is 22.6. The third-order valence-corrected chi connectivity index (χ3v) is 6.64. The SMILES string of the molecule is C=C(C)[C@H](CC)[C@H](C)C(=O)Nc1ccc2ccccc2c1-c1c(OC)ccc2ccccc12. The zero-order valence-corrected chi connectivity index (χ0v) is 19.8. The quantitative estimate of drug-likeness (QED) is 0.299. The van der Waals surface area contributed by atoms with Gasteiger partial charge in [0.1, 0.15) is 5.75 Å². The molecule has 3 heteroatoms. The van der Waals surface area contributed by atoms with Gasteiger partial charge in [0.05, 0.1) is 7.11 Å². The predicted octanol–water partition coefficient (Wildman–Crippen LogP) is 7.85. The van der Waals surface area contributed by atoms with Gasteiger partial charge in [0.25, 0.3) is 0 Å². The van der Waals surface area contributed by atoms with Crippen LogP contribution >= 0.6 is 0 Å². The lowest BCUT2D eigenvalue weighted by atomic mass is 9.85. The maximum Gasteiger partial charge on any atom is 0.227 e. The molecule has 0 unspecified atom stereocenters. The van der Waals surface area contributed by atoms with E-state index in [9.17, 15) is 4.79 Å². The van der Waals surface area contributed by atoms with Crippen LogP contribution in [0.3, 0.4) is 0 Å². The molecular formula is C30H31NO2. The van der Waals surface area contributed by atoms with Gasteiger partial charge in [0.2, 0.25) is 5.91 Å². The summed E-state index contributed by atoms with van der Waals surface area (Å²) in [5.74, 6) is 0.741. The van der Waals surface area contributed by atoms with Crippen molar-refractivity contribution in [3.05, 3.63) is 84.9 Å². The van der Waals surface area contributed by atoms with Gasteiger partial charge in [-0.1, -0.05) is 86.7 Å². The molecule has 0 heterocycles. The van der Waals surface area contributed by atoms with Crippen molar-refractivity contribution in [3.8, 4) is 16.9 Å². The summed E-state index contributed by atoms with van der Waals surface area (Å²) in [5, 5.41) is 7.65. The lowest BCUT2D eigenvalue weighted by molar-refractivity contribution is -0.120. The number of anilines is 1. The van der Waals surface area contributed by atoms with Gasteiger partial charge in [0.15, 0.2) is 0 Å². The van der Waals surface area contributed by atoms with Crippen LogP contribution in [0.2, 0.25) is 0 Å². The van der Waals surface area contributed by atoms with E-state index in [2.05, 4.69) is 55.2 Å². The number of fused-ring (bicyclic) bond motifs is 2. The molecule has 0 aromatic heterocycles. The van der Waals surface area contributed by atoms with E-state index >= 15 is 0 Å². The molecule has 0 bridgehead atoms. The predicted molar refractivity (Wildman–Crippen MR) is 140 cm³/mol. The summed E-state index contributed by atoms with van der Waals surface area (Å²) in [4.78, 5) is 13.4. The maximum absolute atomic E-state index is 13.4. The highest BCUT2D eigenvalue weighted by molar-refractivity contribution is 6.13. The van der Waals surface area contributed by atoms with E-state index in [1.165, 1.54) is 0 Å². The molecule has 1 amide bonds. The number of ether oxygens (including phenoxy) is 1. The molecule has 4 rings (SSSR count). The molecule has 4 aromatic carbocycles. The lowest BCUT2D eigenvalue weighted by Gasteiger charge is -2.24. The van der Waals surface area contributed by atoms with Gasteiger partial charge in [-0.25, -0.2) is 0 Å². The summed E-state index contributed by atoms with van der Waals surface area (Å²) in [5.41, 5.74) is 3.79. The number of benzene rings is 4. The van der Waals surface area contributed by atoms with E-state index in [0.29, 0.717) is 0 Å². The first-order valence-corrected chi connectivity index (χ1v) is 11.5. The molecule has 3 nitrogen and oxygen atoms in total. The number of methoxy groups -OCH3 is 1. The monoisotopic (exact) mass is 437 g/mol. The molecule has 0 radical (unpaired) electrons. The van der Waals surface area contributed by atoms with Crippen LogP contribution in [0, 0.1) is 11.8 Å². The van der Waals surface area contributed by atoms with Gasteiger partial charge < -0.3 is 10.1 Å². The fourth-order valence-corrected chi connectivity index (χ4v) is 4.88. The number of hydrogen-bond donors (Lipinski definition) is 1. The largest absolute Gasteiger partial charge is 0.496 e. The highest BCUT2D eigenvalue weighted by Gasteiger charge is 2.25. The van der Waals surface area contributed by atoms with Gasteiger partial charge in [-0.3, -0.25) is 4.79 Å². The van der Waals surface area contributed by atoms with Crippen LogP contribution in [-0.4, -0.2) is 13.0 Å². The normalized spacial score (nSPS) is 13.0. The standard InChI is InChI=1S/C30H31NO2/c1-6-23(19(2)3)20(4)30(32)31-26-17-15-21-11-7-9-13-24(21)28(26)29-25-14-10-8-12-22(25)16-18-27(29)33-5/h7-18,20,23H,2,6H2,1,3-5H3,(H,31,32)/t20-,23-/m0/s1. The van der Waals surface area contributed by atoms with Gasteiger partial charge in [-0.2, -0.15) is 0 Å². The molecule has 0 spiro atoms. The molecule has 168 valence electrons. The highest BCUT2D eigenvalue weighted by atomic mass is 16.5. The van der Waals surface area contributed by atoms with Crippen LogP contribution in [0.25, 0.3) is 32.7 Å². The molecule has 0 saturated heterocycles. The Labute approximate surface area is 196 Å². The van der Waals surface area contributed by atoms with Gasteiger partial charge in [-0.15, -0.1) is 0 Å². The molecule has 0 saturated carbocycles. The molecule has 1 N–H and O–H groups in total. The van der Waals surface area contributed by atoms with Crippen molar-refractivity contribution in [3.63, 3.8) is 0 Å². The van der Waals surface area contributed by atoms with Gasteiger partial charge >= 0.3 is 0 Å². The minimum absolute atomic E-state index is 0.000541. The second kappa shape index (κ2) is 9.50. The van der Waals surface area contributed by atoms with Crippen molar-refractivity contribution in [2.24, 2.45) is 11.8 Å². The van der Waals surface area contributed by atoms with Crippen molar-refractivity contribution >= 4 is 33.1 Å². The summed E-state index contributed by atoms with van der Waals surface area (Å²) < 4.78 is 5.83.